The fourth-order valence-electron chi connectivity index (χ4n) is 5.29. The number of aromatic nitrogens is 1. The molecule has 0 saturated carbocycles. The van der Waals surface area contributed by atoms with E-state index >= 15 is 0 Å². The lowest BCUT2D eigenvalue weighted by atomic mass is 9.91. The zero-order chi connectivity index (χ0) is 30.1. The Morgan fingerprint density at radius 3 is 2.56 bits per heavy atom. The summed E-state index contributed by atoms with van der Waals surface area (Å²) in [6.45, 7) is 4.14. The van der Waals surface area contributed by atoms with Gasteiger partial charge in [0, 0.05) is 10.0 Å². The molecule has 0 N–H and O–H groups in total. The number of hydrogen-bond acceptors (Lipinski definition) is 6. The van der Waals surface area contributed by atoms with Gasteiger partial charge in [0.25, 0.3) is 5.56 Å². The minimum atomic E-state index is -0.702. The first kappa shape index (κ1) is 29.3. The molecular weight excluding hydrogens is 692 g/mol. The van der Waals surface area contributed by atoms with Gasteiger partial charge in [-0.1, -0.05) is 100 Å². The normalized spacial score (nSPS) is 14.9. The van der Waals surface area contributed by atoms with Gasteiger partial charge in [-0.2, -0.15) is 0 Å². The van der Waals surface area contributed by atoms with E-state index in [1.807, 2.05) is 91.0 Å². The number of esters is 1. The predicted octanol–water partition coefficient (Wildman–Crippen LogP) is 7.06. The van der Waals surface area contributed by atoms with Crippen molar-refractivity contribution in [2.75, 3.05) is 6.61 Å². The number of benzene rings is 4. The second-order valence-corrected chi connectivity index (χ2v) is 12.7. The smallest absolute Gasteiger partial charge is 0.338 e. The third kappa shape index (κ3) is 5.77. The summed E-state index contributed by atoms with van der Waals surface area (Å²) >= 11 is 8.50. The SMILES string of the molecule is CCOC(=O)C1=C(C)N=c2s/c(=C\c3cc(Br)cc(Br)c3OCc3ccccc3)c(=O)n2[C@@H]1c1cccc2ccccc12. The Labute approximate surface area is 268 Å². The molecule has 0 radical (unpaired) electrons. The first-order chi connectivity index (χ1) is 20.9. The quantitative estimate of drug-likeness (QED) is 0.169. The van der Waals surface area contributed by atoms with Crippen molar-refractivity contribution in [3.63, 3.8) is 0 Å². The molecule has 2 heterocycles. The minimum absolute atomic E-state index is 0.214. The molecule has 4 aromatic carbocycles. The summed E-state index contributed by atoms with van der Waals surface area (Å²) in [5.41, 5.74) is 3.22. The van der Waals surface area contributed by atoms with E-state index in [-0.39, 0.29) is 12.2 Å². The molecule has 0 aliphatic carbocycles. The third-order valence-electron chi connectivity index (χ3n) is 7.18. The molecular formula is C34H26Br2N2O4S. The van der Waals surface area contributed by atoms with Crippen LogP contribution in [-0.4, -0.2) is 17.1 Å². The van der Waals surface area contributed by atoms with Crippen molar-refractivity contribution in [2.24, 2.45) is 4.99 Å². The number of thiazole rings is 1. The van der Waals surface area contributed by atoms with E-state index in [2.05, 4.69) is 31.9 Å². The van der Waals surface area contributed by atoms with Gasteiger partial charge in [-0.3, -0.25) is 9.36 Å². The molecule has 1 aliphatic heterocycles. The largest absolute Gasteiger partial charge is 0.487 e. The molecule has 9 heteroatoms. The molecule has 0 fully saturated rings. The monoisotopic (exact) mass is 716 g/mol. The van der Waals surface area contributed by atoms with Gasteiger partial charge in [0.1, 0.15) is 12.4 Å². The van der Waals surface area contributed by atoms with Crippen molar-refractivity contribution < 1.29 is 14.3 Å². The van der Waals surface area contributed by atoms with Crippen molar-refractivity contribution in [1.82, 2.24) is 4.57 Å². The standard InChI is InChI=1S/C34H26Br2N2O4S/c1-3-41-33(40)29-20(2)37-34-38(30(29)26-15-9-13-22-12-7-8-14-25(22)26)32(39)28(43-34)17-23-16-24(35)18-27(36)31(23)42-19-21-10-5-4-6-11-21/h4-18,30H,3,19H2,1-2H3/b28-17-/t30-/m1/s1. The highest BCUT2D eigenvalue weighted by molar-refractivity contribution is 9.11. The third-order valence-corrected chi connectivity index (χ3v) is 9.21. The molecule has 6 nitrogen and oxygen atoms in total. The summed E-state index contributed by atoms with van der Waals surface area (Å²) < 4.78 is 15.4. The molecule has 0 unspecified atom stereocenters. The Morgan fingerprint density at radius 1 is 1.02 bits per heavy atom. The van der Waals surface area contributed by atoms with Gasteiger partial charge in [-0.25, -0.2) is 9.79 Å². The zero-order valence-corrected chi connectivity index (χ0v) is 27.3. The Kier molecular flexibility index (Phi) is 8.47. The van der Waals surface area contributed by atoms with E-state index in [1.54, 1.807) is 18.4 Å². The summed E-state index contributed by atoms with van der Waals surface area (Å²) in [4.78, 5) is 32.9. The van der Waals surface area contributed by atoms with Crippen LogP contribution in [-0.2, 0) is 16.1 Å². The molecule has 0 bridgehead atoms. The second-order valence-electron chi connectivity index (χ2n) is 9.95. The van der Waals surface area contributed by atoms with E-state index in [4.69, 9.17) is 14.5 Å². The topological polar surface area (TPSA) is 69.9 Å². The number of rotatable bonds is 7. The molecule has 1 atom stereocenters. The summed E-state index contributed by atoms with van der Waals surface area (Å²) in [5, 5.41) is 1.97. The zero-order valence-electron chi connectivity index (χ0n) is 23.3. The number of ether oxygens (including phenoxy) is 2. The van der Waals surface area contributed by atoms with E-state index < -0.39 is 12.0 Å². The maximum atomic E-state index is 14.3. The average Bonchev–Trinajstić information content (AvgIpc) is 3.30. The maximum Gasteiger partial charge on any atom is 0.338 e. The van der Waals surface area contributed by atoms with Crippen molar-refractivity contribution in [1.29, 1.82) is 0 Å². The van der Waals surface area contributed by atoms with Gasteiger partial charge in [-0.05, 0) is 69.9 Å². The Balaban J connectivity index is 1.54. The van der Waals surface area contributed by atoms with Crippen LogP contribution in [0.15, 0.2) is 115 Å². The molecule has 43 heavy (non-hydrogen) atoms. The number of carbonyl (C=O) groups is 1. The first-order valence-electron chi connectivity index (χ1n) is 13.7. The summed E-state index contributed by atoms with van der Waals surface area (Å²) in [6.07, 6.45) is 1.82. The van der Waals surface area contributed by atoms with Crippen LogP contribution in [0.5, 0.6) is 5.75 Å². The van der Waals surface area contributed by atoms with Gasteiger partial charge in [0.15, 0.2) is 4.80 Å². The highest BCUT2D eigenvalue weighted by Gasteiger charge is 2.34. The highest BCUT2D eigenvalue weighted by atomic mass is 79.9. The Hall–Kier alpha value is -3.79. The number of allylic oxidation sites excluding steroid dienone is 1. The van der Waals surface area contributed by atoms with Crippen molar-refractivity contribution in [3.8, 4) is 5.75 Å². The Morgan fingerprint density at radius 2 is 1.77 bits per heavy atom. The first-order valence-corrected chi connectivity index (χ1v) is 16.1. The van der Waals surface area contributed by atoms with Crippen LogP contribution in [0.3, 0.4) is 0 Å². The van der Waals surface area contributed by atoms with Gasteiger partial charge in [0.2, 0.25) is 0 Å². The fourth-order valence-corrected chi connectivity index (χ4v) is 7.70. The number of fused-ring (bicyclic) bond motifs is 2. The summed E-state index contributed by atoms with van der Waals surface area (Å²) in [5.74, 6) is 0.135. The molecule has 1 aromatic heterocycles. The van der Waals surface area contributed by atoms with E-state index in [0.29, 0.717) is 33.0 Å². The van der Waals surface area contributed by atoms with Crippen LogP contribution in [0.25, 0.3) is 16.8 Å². The van der Waals surface area contributed by atoms with E-state index in [9.17, 15) is 9.59 Å². The number of nitrogens with zero attached hydrogens (tertiary/aromatic N) is 2. The number of hydrogen-bond donors (Lipinski definition) is 0. The highest BCUT2D eigenvalue weighted by Crippen LogP contribution is 2.36. The lowest BCUT2D eigenvalue weighted by Gasteiger charge is -2.25. The van der Waals surface area contributed by atoms with Crippen molar-refractivity contribution >= 4 is 66.0 Å². The van der Waals surface area contributed by atoms with Crippen LogP contribution in [0.4, 0.5) is 0 Å². The van der Waals surface area contributed by atoms with E-state index in [0.717, 1.165) is 36.4 Å². The van der Waals surface area contributed by atoms with Gasteiger partial charge in [0.05, 0.1) is 32.9 Å². The predicted molar refractivity (Wildman–Crippen MR) is 177 cm³/mol. The molecule has 216 valence electrons. The molecule has 0 saturated heterocycles. The van der Waals surface area contributed by atoms with Gasteiger partial charge < -0.3 is 9.47 Å². The molecule has 0 spiro atoms. The van der Waals surface area contributed by atoms with Gasteiger partial charge in [-0.15, -0.1) is 0 Å². The Bertz CT molecular complexity index is 2080. The maximum absolute atomic E-state index is 14.3. The lowest BCUT2D eigenvalue weighted by molar-refractivity contribution is -0.139. The van der Waals surface area contributed by atoms with Crippen LogP contribution in [0.1, 0.15) is 36.6 Å². The number of halogens is 2. The second kappa shape index (κ2) is 12.4. The van der Waals surface area contributed by atoms with Crippen molar-refractivity contribution in [3.05, 3.63) is 142 Å². The molecule has 5 aromatic rings. The van der Waals surface area contributed by atoms with Crippen LogP contribution >= 0.6 is 43.2 Å². The van der Waals surface area contributed by atoms with Gasteiger partial charge >= 0.3 is 5.97 Å². The minimum Gasteiger partial charge on any atom is -0.487 e. The summed E-state index contributed by atoms with van der Waals surface area (Å²) in [7, 11) is 0. The molecule has 1 aliphatic rings. The van der Waals surface area contributed by atoms with Crippen LogP contribution in [0, 0.1) is 0 Å². The molecule has 0 amide bonds. The average molecular weight is 718 g/mol. The van der Waals surface area contributed by atoms with Crippen molar-refractivity contribution in [2.45, 2.75) is 26.5 Å². The van der Waals surface area contributed by atoms with Crippen LogP contribution < -0.4 is 19.6 Å². The summed E-state index contributed by atoms with van der Waals surface area (Å²) in [6, 6.07) is 26.9. The fraction of sp³-hybridized carbons (Fsp3) is 0.147. The number of carbonyl (C=O) groups excluding carboxylic acids is 1. The van der Waals surface area contributed by atoms with E-state index in [1.165, 1.54) is 11.3 Å². The lowest BCUT2D eigenvalue weighted by Crippen LogP contribution is -2.40. The molecule has 6 rings (SSSR count). The van der Waals surface area contributed by atoms with Crippen LogP contribution in [0.2, 0.25) is 0 Å².